The van der Waals surface area contributed by atoms with Gasteiger partial charge in [0, 0.05) is 23.6 Å². The van der Waals surface area contributed by atoms with E-state index in [1.165, 1.54) is 23.3 Å². The molecule has 2 aliphatic rings. The minimum absolute atomic E-state index is 0.0731. The lowest BCUT2D eigenvalue weighted by Crippen LogP contribution is -2.14. The van der Waals surface area contributed by atoms with Gasteiger partial charge in [0.25, 0.3) is 0 Å². The van der Waals surface area contributed by atoms with Crippen LogP contribution in [0.1, 0.15) is 41.6 Å². The molecule has 2 aliphatic carbocycles. The van der Waals surface area contributed by atoms with Crippen LogP contribution in [0.3, 0.4) is 0 Å². The highest BCUT2D eigenvalue weighted by molar-refractivity contribution is 7.90. The molecule has 1 heterocycles. The highest BCUT2D eigenvalue weighted by Gasteiger charge is 2.52. The number of nitrogens with zero attached hydrogens (tertiary/aromatic N) is 2. The van der Waals surface area contributed by atoms with Crippen LogP contribution < -0.4 is 9.47 Å². The lowest BCUT2D eigenvalue weighted by Gasteiger charge is -2.15. The predicted octanol–water partition coefficient (Wildman–Crippen LogP) is 5.60. The van der Waals surface area contributed by atoms with Crippen LogP contribution in [0, 0.1) is 17.7 Å². The van der Waals surface area contributed by atoms with E-state index in [2.05, 4.69) is 16.9 Å². The topological polar surface area (TPSA) is 78.4 Å². The van der Waals surface area contributed by atoms with Gasteiger partial charge in [-0.1, -0.05) is 19.1 Å². The molecule has 38 heavy (non-hydrogen) atoms. The first-order chi connectivity index (χ1) is 17.9. The Morgan fingerprint density at radius 1 is 1.11 bits per heavy atom. The molecule has 5 rings (SSSR count). The zero-order valence-corrected chi connectivity index (χ0v) is 21.6. The van der Waals surface area contributed by atoms with Gasteiger partial charge in [0.1, 0.15) is 28.0 Å². The first-order valence-electron chi connectivity index (χ1n) is 12.2. The molecule has 2 aromatic carbocycles. The van der Waals surface area contributed by atoms with Crippen molar-refractivity contribution in [2.75, 3.05) is 18.6 Å². The largest absolute Gasteiger partial charge is 0.489 e. The number of rotatable bonds is 9. The second kappa shape index (κ2) is 9.83. The number of benzene rings is 2. The van der Waals surface area contributed by atoms with Crippen molar-refractivity contribution in [2.24, 2.45) is 11.8 Å². The third-order valence-electron chi connectivity index (χ3n) is 7.17. The molecule has 3 atom stereocenters. The summed E-state index contributed by atoms with van der Waals surface area (Å²) in [6, 6.07) is 8.93. The molecule has 0 spiro atoms. The van der Waals surface area contributed by atoms with Gasteiger partial charge in [-0.2, -0.15) is 18.2 Å². The van der Waals surface area contributed by atoms with Crippen LogP contribution in [0.15, 0.2) is 42.6 Å². The Kier molecular flexibility index (Phi) is 6.83. The molecule has 0 N–H and O–H groups in total. The van der Waals surface area contributed by atoms with Crippen LogP contribution in [0.25, 0.3) is 11.1 Å². The van der Waals surface area contributed by atoms with E-state index in [4.69, 9.17) is 9.47 Å². The Bertz CT molecular complexity index is 1480. The zero-order valence-electron chi connectivity index (χ0n) is 20.8. The molecule has 0 saturated heterocycles. The molecule has 11 heteroatoms. The Hall–Kier alpha value is -3.21. The molecule has 3 aromatic rings. The Morgan fingerprint density at radius 2 is 1.89 bits per heavy atom. The number of alkyl halides is 3. The maximum atomic E-state index is 14.6. The molecule has 0 radical (unpaired) electrons. The van der Waals surface area contributed by atoms with Gasteiger partial charge in [-0.3, -0.25) is 0 Å². The fourth-order valence-corrected chi connectivity index (χ4v) is 5.80. The third-order valence-corrected chi connectivity index (χ3v) is 8.20. The van der Waals surface area contributed by atoms with E-state index in [1.807, 2.05) is 18.2 Å². The van der Waals surface area contributed by atoms with Crippen molar-refractivity contribution in [1.82, 2.24) is 9.97 Å². The summed E-state index contributed by atoms with van der Waals surface area (Å²) in [6.45, 7) is 1.92. The quantitative estimate of drug-likeness (QED) is 0.255. The van der Waals surface area contributed by atoms with Crippen molar-refractivity contribution >= 4 is 9.84 Å². The molecular formula is C27H26F4N2O4S. The number of sulfone groups is 1. The van der Waals surface area contributed by atoms with Crippen LogP contribution in [0.4, 0.5) is 17.6 Å². The van der Waals surface area contributed by atoms with Crippen molar-refractivity contribution in [2.45, 2.75) is 38.5 Å². The summed E-state index contributed by atoms with van der Waals surface area (Å²) < 4.78 is 89.5. The first-order valence-corrected chi connectivity index (χ1v) is 14.3. The molecule has 1 saturated carbocycles. The second-order valence-corrected chi connectivity index (χ2v) is 12.2. The Balaban J connectivity index is 1.32. The van der Waals surface area contributed by atoms with Crippen LogP contribution in [-0.2, 0) is 29.0 Å². The summed E-state index contributed by atoms with van der Waals surface area (Å²) in [4.78, 5) is 7.36. The number of fused-ring (bicyclic) bond motifs is 3. The van der Waals surface area contributed by atoms with Gasteiger partial charge < -0.3 is 9.47 Å². The van der Waals surface area contributed by atoms with Gasteiger partial charge in [0.15, 0.2) is 5.69 Å². The predicted molar refractivity (Wildman–Crippen MR) is 132 cm³/mol. The fourth-order valence-electron chi connectivity index (χ4n) is 5.16. The van der Waals surface area contributed by atoms with Crippen LogP contribution in [-0.4, -0.2) is 37.0 Å². The van der Waals surface area contributed by atoms with Crippen molar-refractivity contribution in [3.8, 4) is 22.9 Å². The molecule has 202 valence electrons. The monoisotopic (exact) mass is 550 g/mol. The Labute approximate surface area is 218 Å². The van der Waals surface area contributed by atoms with Gasteiger partial charge >= 0.3 is 12.2 Å². The van der Waals surface area contributed by atoms with Crippen molar-refractivity contribution in [3.05, 3.63) is 70.8 Å². The third kappa shape index (κ3) is 5.62. The van der Waals surface area contributed by atoms with E-state index in [-0.39, 0.29) is 42.1 Å². The molecule has 0 bridgehead atoms. The van der Waals surface area contributed by atoms with Gasteiger partial charge in [0.2, 0.25) is 0 Å². The highest BCUT2D eigenvalue weighted by atomic mass is 32.2. The number of ether oxygens (including phenoxy) is 2. The molecular weight excluding hydrogens is 524 g/mol. The van der Waals surface area contributed by atoms with Crippen molar-refractivity contribution < 1.29 is 35.5 Å². The summed E-state index contributed by atoms with van der Waals surface area (Å²) >= 11 is 0. The highest BCUT2D eigenvalue weighted by Crippen LogP contribution is 2.61. The van der Waals surface area contributed by atoms with E-state index in [0.29, 0.717) is 23.5 Å². The summed E-state index contributed by atoms with van der Waals surface area (Å²) in [5, 5.41) is 0. The Morgan fingerprint density at radius 3 is 2.63 bits per heavy atom. The standard InChI is InChI=1S/C27H26F4N2O4S/c1-15-21-12-17-11-19(5-6-20(17)24(15)21)37-14-18-10-16(4-7-23(18)28)22-13-32-26(33-25(22)27(29,30)31)36-8-3-9-38(2,34)35/h4-7,10-11,13,15,21,24H,3,8-9,12,14H2,1-2H3/t15-,21-,24-/m0/s1. The van der Waals surface area contributed by atoms with Gasteiger partial charge in [-0.25, -0.2) is 17.8 Å². The number of hydrogen-bond acceptors (Lipinski definition) is 6. The summed E-state index contributed by atoms with van der Waals surface area (Å²) in [5.41, 5.74) is 1.15. The van der Waals surface area contributed by atoms with Gasteiger partial charge in [0.05, 0.1) is 12.4 Å². The van der Waals surface area contributed by atoms with E-state index in [0.717, 1.165) is 24.9 Å². The maximum absolute atomic E-state index is 14.6. The number of hydrogen-bond donors (Lipinski definition) is 0. The number of aromatic nitrogens is 2. The van der Waals surface area contributed by atoms with Crippen LogP contribution in [0.2, 0.25) is 0 Å². The molecule has 1 aromatic heterocycles. The number of halogens is 4. The lowest BCUT2D eigenvalue weighted by molar-refractivity contribution is -0.141. The minimum Gasteiger partial charge on any atom is -0.489 e. The summed E-state index contributed by atoms with van der Waals surface area (Å²) in [6.07, 6.45) is -1.74. The van der Waals surface area contributed by atoms with Crippen LogP contribution in [0.5, 0.6) is 11.8 Å². The lowest BCUT2D eigenvalue weighted by atomic mass is 10.0. The van der Waals surface area contributed by atoms with Gasteiger partial charge in [-0.15, -0.1) is 0 Å². The average Bonchev–Trinajstić information content (AvgIpc) is 3.30. The minimum atomic E-state index is -4.84. The molecule has 1 fully saturated rings. The second-order valence-electron chi connectivity index (χ2n) is 9.95. The fraction of sp³-hybridized carbons (Fsp3) is 0.407. The van der Waals surface area contributed by atoms with Crippen LogP contribution >= 0.6 is 0 Å². The van der Waals surface area contributed by atoms with E-state index in [9.17, 15) is 26.0 Å². The summed E-state index contributed by atoms with van der Waals surface area (Å²) in [5.74, 6) is 1.80. The smallest absolute Gasteiger partial charge is 0.434 e. The van der Waals surface area contributed by atoms with Crippen molar-refractivity contribution in [3.63, 3.8) is 0 Å². The average molecular weight is 551 g/mol. The maximum Gasteiger partial charge on any atom is 0.434 e. The molecule has 0 unspecified atom stereocenters. The zero-order chi connectivity index (χ0) is 27.2. The van der Waals surface area contributed by atoms with E-state index < -0.39 is 33.5 Å². The molecule has 0 aliphatic heterocycles. The first kappa shape index (κ1) is 26.4. The van der Waals surface area contributed by atoms with Crippen molar-refractivity contribution in [1.29, 1.82) is 0 Å². The van der Waals surface area contributed by atoms with Gasteiger partial charge in [-0.05, 0) is 71.6 Å². The van der Waals surface area contributed by atoms with E-state index in [1.54, 1.807) is 0 Å². The molecule has 0 amide bonds. The van der Waals surface area contributed by atoms with E-state index >= 15 is 0 Å². The SMILES string of the molecule is C[C@H]1[C@@H]2Cc3cc(OCc4cc(-c5cnc(OCCCS(C)(=O)=O)nc5C(F)(F)F)ccc4F)ccc3[C@H]12. The summed E-state index contributed by atoms with van der Waals surface area (Å²) in [7, 11) is -3.23. The molecule has 6 nitrogen and oxygen atoms in total. The normalized spacial score (nSPS) is 20.1.